The Balaban J connectivity index is 2.09. The standard InChI is InChI=1S/C18H26N4O/c1-5-19-13(2)11-21-18(23)17-10-14(3)22(15(17)4)12-16-8-6-7-9-20-16/h6-10,13,19H,5,11-12H2,1-4H3,(H,21,23)/t13-/m1/s1. The molecule has 1 amide bonds. The Bertz CT molecular complexity index is 649. The van der Waals surface area contributed by atoms with Crippen molar-refractivity contribution in [2.75, 3.05) is 13.1 Å². The van der Waals surface area contributed by atoms with E-state index in [4.69, 9.17) is 0 Å². The van der Waals surface area contributed by atoms with E-state index in [9.17, 15) is 4.79 Å². The third-order valence-corrected chi connectivity index (χ3v) is 3.99. The quantitative estimate of drug-likeness (QED) is 0.824. The fourth-order valence-corrected chi connectivity index (χ4v) is 2.69. The minimum absolute atomic E-state index is 0.0184. The molecule has 0 aromatic carbocycles. The van der Waals surface area contributed by atoms with E-state index in [2.05, 4.69) is 34.0 Å². The lowest BCUT2D eigenvalue weighted by atomic mass is 10.2. The largest absolute Gasteiger partial charge is 0.350 e. The molecule has 0 spiro atoms. The fraction of sp³-hybridized carbons (Fsp3) is 0.444. The number of amides is 1. The Morgan fingerprint density at radius 2 is 2.13 bits per heavy atom. The average molecular weight is 314 g/mol. The van der Waals surface area contributed by atoms with Crippen LogP contribution in [0.5, 0.6) is 0 Å². The molecule has 0 saturated carbocycles. The maximum Gasteiger partial charge on any atom is 0.253 e. The summed E-state index contributed by atoms with van der Waals surface area (Å²) in [7, 11) is 0. The Labute approximate surface area is 138 Å². The monoisotopic (exact) mass is 314 g/mol. The van der Waals surface area contributed by atoms with E-state index < -0.39 is 0 Å². The van der Waals surface area contributed by atoms with Crippen molar-refractivity contribution < 1.29 is 4.79 Å². The number of nitrogens with one attached hydrogen (secondary N) is 2. The van der Waals surface area contributed by atoms with Gasteiger partial charge >= 0.3 is 0 Å². The third-order valence-electron chi connectivity index (χ3n) is 3.99. The van der Waals surface area contributed by atoms with Gasteiger partial charge in [0.2, 0.25) is 0 Å². The van der Waals surface area contributed by atoms with E-state index in [1.807, 2.05) is 38.1 Å². The molecule has 0 aliphatic heterocycles. The first-order valence-corrected chi connectivity index (χ1v) is 8.11. The van der Waals surface area contributed by atoms with Crippen molar-refractivity contribution in [1.29, 1.82) is 0 Å². The Morgan fingerprint density at radius 3 is 2.78 bits per heavy atom. The normalized spacial score (nSPS) is 12.2. The van der Waals surface area contributed by atoms with E-state index in [0.29, 0.717) is 13.1 Å². The molecule has 0 aliphatic rings. The number of aromatic nitrogens is 2. The van der Waals surface area contributed by atoms with Gasteiger partial charge in [-0.2, -0.15) is 0 Å². The molecular formula is C18H26N4O. The van der Waals surface area contributed by atoms with Crippen LogP contribution in [0, 0.1) is 13.8 Å². The Morgan fingerprint density at radius 1 is 1.35 bits per heavy atom. The van der Waals surface area contributed by atoms with Crippen LogP contribution in [0.3, 0.4) is 0 Å². The summed E-state index contributed by atoms with van der Waals surface area (Å²) in [5.41, 5.74) is 3.77. The second-order valence-electron chi connectivity index (χ2n) is 5.86. The third kappa shape index (κ3) is 4.42. The van der Waals surface area contributed by atoms with Gasteiger partial charge in [-0.3, -0.25) is 9.78 Å². The molecule has 0 unspecified atom stereocenters. The summed E-state index contributed by atoms with van der Waals surface area (Å²) in [6.07, 6.45) is 1.79. The van der Waals surface area contributed by atoms with Gasteiger partial charge < -0.3 is 15.2 Å². The topological polar surface area (TPSA) is 58.9 Å². The number of nitrogens with zero attached hydrogens (tertiary/aromatic N) is 2. The lowest BCUT2D eigenvalue weighted by molar-refractivity contribution is 0.0949. The van der Waals surface area contributed by atoms with Gasteiger partial charge in [-0.25, -0.2) is 0 Å². The van der Waals surface area contributed by atoms with Crippen molar-refractivity contribution in [2.24, 2.45) is 0 Å². The van der Waals surface area contributed by atoms with Crippen molar-refractivity contribution in [3.05, 3.63) is 53.1 Å². The van der Waals surface area contributed by atoms with Gasteiger partial charge in [0.1, 0.15) is 0 Å². The summed E-state index contributed by atoms with van der Waals surface area (Å²) in [6, 6.07) is 8.10. The highest BCUT2D eigenvalue weighted by atomic mass is 16.1. The molecule has 124 valence electrons. The molecular weight excluding hydrogens is 288 g/mol. The van der Waals surface area contributed by atoms with E-state index in [0.717, 1.165) is 29.2 Å². The number of hydrogen-bond donors (Lipinski definition) is 2. The summed E-state index contributed by atoms with van der Waals surface area (Å²) in [4.78, 5) is 16.8. The first-order valence-electron chi connectivity index (χ1n) is 8.11. The number of rotatable bonds is 7. The minimum atomic E-state index is -0.0184. The van der Waals surface area contributed by atoms with Crippen LogP contribution in [0.1, 0.15) is 41.3 Å². The first kappa shape index (κ1) is 17.2. The highest BCUT2D eigenvalue weighted by Crippen LogP contribution is 2.16. The molecule has 0 fully saturated rings. The zero-order valence-electron chi connectivity index (χ0n) is 14.4. The molecule has 1 atom stereocenters. The van der Waals surface area contributed by atoms with Crippen LogP contribution >= 0.6 is 0 Å². The number of carbonyl (C=O) groups is 1. The molecule has 5 heteroatoms. The van der Waals surface area contributed by atoms with Crippen LogP contribution in [0.4, 0.5) is 0 Å². The predicted molar refractivity (Wildman–Crippen MR) is 92.7 cm³/mol. The summed E-state index contributed by atoms with van der Waals surface area (Å²) in [5.74, 6) is -0.0184. The van der Waals surface area contributed by atoms with Crippen LogP contribution in [-0.4, -0.2) is 34.6 Å². The summed E-state index contributed by atoms with van der Waals surface area (Å²) >= 11 is 0. The minimum Gasteiger partial charge on any atom is -0.350 e. The van der Waals surface area contributed by atoms with Crippen LogP contribution < -0.4 is 10.6 Å². The first-order chi connectivity index (χ1) is 11.0. The Hall–Kier alpha value is -2.14. The number of pyridine rings is 1. The van der Waals surface area contributed by atoms with Crippen molar-refractivity contribution in [3.63, 3.8) is 0 Å². The zero-order valence-corrected chi connectivity index (χ0v) is 14.4. The smallest absolute Gasteiger partial charge is 0.253 e. The van der Waals surface area contributed by atoms with Gasteiger partial charge in [0, 0.05) is 30.2 Å². The van der Waals surface area contributed by atoms with Crippen LogP contribution in [-0.2, 0) is 6.54 Å². The molecule has 0 bridgehead atoms. The van der Waals surface area contributed by atoms with Gasteiger partial charge in [-0.05, 0) is 45.5 Å². The molecule has 2 heterocycles. The average Bonchev–Trinajstić information content (AvgIpc) is 2.82. The molecule has 5 nitrogen and oxygen atoms in total. The number of aryl methyl sites for hydroxylation is 1. The zero-order chi connectivity index (χ0) is 16.8. The maximum absolute atomic E-state index is 12.4. The van der Waals surface area contributed by atoms with Gasteiger partial charge in [0.05, 0.1) is 17.8 Å². The summed E-state index contributed by atoms with van der Waals surface area (Å²) in [5, 5.41) is 6.29. The number of likely N-dealkylation sites (N-methyl/N-ethyl adjacent to an activating group) is 1. The molecule has 0 saturated heterocycles. The Kier molecular flexibility index (Phi) is 5.93. The molecule has 0 radical (unpaired) electrons. The second-order valence-corrected chi connectivity index (χ2v) is 5.86. The highest BCUT2D eigenvalue weighted by molar-refractivity contribution is 5.95. The van der Waals surface area contributed by atoms with Gasteiger partial charge in [0.15, 0.2) is 0 Å². The number of hydrogen-bond acceptors (Lipinski definition) is 3. The van der Waals surface area contributed by atoms with Gasteiger partial charge in [-0.1, -0.05) is 13.0 Å². The molecule has 2 aromatic heterocycles. The highest BCUT2D eigenvalue weighted by Gasteiger charge is 2.16. The van der Waals surface area contributed by atoms with Crippen molar-refractivity contribution >= 4 is 5.91 Å². The van der Waals surface area contributed by atoms with Crippen LogP contribution in [0.2, 0.25) is 0 Å². The molecule has 0 aliphatic carbocycles. The van der Waals surface area contributed by atoms with Crippen molar-refractivity contribution in [2.45, 2.75) is 40.3 Å². The lowest BCUT2D eigenvalue weighted by Crippen LogP contribution is -2.38. The number of carbonyl (C=O) groups excluding carboxylic acids is 1. The van der Waals surface area contributed by atoms with Gasteiger partial charge in [0.25, 0.3) is 5.91 Å². The molecule has 2 aromatic rings. The van der Waals surface area contributed by atoms with Crippen molar-refractivity contribution in [3.8, 4) is 0 Å². The second kappa shape index (κ2) is 7.92. The molecule has 2 N–H and O–H groups in total. The summed E-state index contributed by atoms with van der Waals surface area (Å²) < 4.78 is 2.13. The van der Waals surface area contributed by atoms with Crippen LogP contribution in [0.15, 0.2) is 30.5 Å². The maximum atomic E-state index is 12.4. The van der Waals surface area contributed by atoms with E-state index in [-0.39, 0.29) is 11.9 Å². The molecule has 2 rings (SSSR count). The molecule has 23 heavy (non-hydrogen) atoms. The van der Waals surface area contributed by atoms with Crippen molar-refractivity contribution in [1.82, 2.24) is 20.2 Å². The van der Waals surface area contributed by atoms with Crippen LogP contribution in [0.25, 0.3) is 0 Å². The van der Waals surface area contributed by atoms with E-state index in [1.165, 1.54) is 0 Å². The summed E-state index contributed by atoms with van der Waals surface area (Å²) in [6.45, 7) is 10.3. The fourth-order valence-electron chi connectivity index (χ4n) is 2.69. The predicted octanol–water partition coefficient (Wildman–Crippen LogP) is 2.28. The lowest BCUT2D eigenvalue weighted by Gasteiger charge is -2.13. The van der Waals surface area contributed by atoms with E-state index >= 15 is 0 Å². The van der Waals surface area contributed by atoms with E-state index in [1.54, 1.807) is 6.20 Å². The SMILES string of the molecule is CCN[C@H](C)CNC(=O)c1cc(C)n(Cc2ccccn2)c1C. The van der Waals surface area contributed by atoms with Gasteiger partial charge in [-0.15, -0.1) is 0 Å².